The molecular formula is C25H28N4O2S. The molecule has 0 saturated heterocycles. The molecule has 0 aliphatic heterocycles. The van der Waals surface area contributed by atoms with Crippen LogP contribution in [0.15, 0.2) is 59.6 Å². The lowest BCUT2D eigenvalue weighted by Gasteiger charge is -2.26. The maximum atomic E-state index is 14.1. The Morgan fingerprint density at radius 3 is 2.31 bits per heavy atom. The number of aromatic nitrogens is 3. The fourth-order valence-electron chi connectivity index (χ4n) is 4.04. The third kappa shape index (κ3) is 4.00. The molecule has 0 fully saturated rings. The molecule has 0 radical (unpaired) electrons. The van der Waals surface area contributed by atoms with E-state index in [-0.39, 0.29) is 11.4 Å². The second-order valence-electron chi connectivity index (χ2n) is 8.32. The Kier molecular flexibility index (Phi) is 5.77. The lowest BCUT2D eigenvalue weighted by atomic mass is 10.1. The van der Waals surface area contributed by atoms with Crippen molar-refractivity contribution in [2.45, 2.75) is 52.5 Å². The minimum atomic E-state index is -3.93. The number of rotatable bonds is 6. The number of anilines is 1. The van der Waals surface area contributed by atoms with Gasteiger partial charge in [-0.05, 0) is 74.2 Å². The van der Waals surface area contributed by atoms with Crippen LogP contribution in [0.4, 0.5) is 5.69 Å². The van der Waals surface area contributed by atoms with Crippen molar-refractivity contribution >= 4 is 21.4 Å². The van der Waals surface area contributed by atoms with Crippen LogP contribution in [-0.2, 0) is 23.0 Å². The van der Waals surface area contributed by atoms with Crippen LogP contribution in [0.25, 0.3) is 5.65 Å². The summed E-state index contributed by atoms with van der Waals surface area (Å²) >= 11 is 0. The first-order valence-corrected chi connectivity index (χ1v) is 12.1. The number of aryl methyl sites for hydroxylation is 5. The molecule has 0 bridgehead atoms. The average molecular weight is 449 g/mol. The monoisotopic (exact) mass is 448 g/mol. The molecule has 0 spiro atoms. The van der Waals surface area contributed by atoms with Crippen molar-refractivity contribution in [1.82, 2.24) is 14.6 Å². The summed E-state index contributed by atoms with van der Waals surface area (Å²) in [4.78, 5) is 0.150. The van der Waals surface area contributed by atoms with Gasteiger partial charge >= 0.3 is 0 Å². The van der Waals surface area contributed by atoms with E-state index in [0.29, 0.717) is 17.8 Å². The molecule has 0 N–H and O–H groups in total. The molecule has 7 heteroatoms. The zero-order valence-corrected chi connectivity index (χ0v) is 19.9. The van der Waals surface area contributed by atoms with Crippen LogP contribution in [0.2, 0.25) is 0 Å². The van der Waals surface area contributed by atoms with Gasteiger partial charge in [-0.3, -0.25) is 8.71 Å². The molecule has 4 rings (SSSR count). The van der Waals surface area contributed by atoms with Crippen molar-refractivity contribution in [1.29, 1.82) is 0 Å². The van der Waals surface area contributed by atoms with E-state index in [9.17, 15) is 8.42 Å². The number of fused-ring (bicyclic) bond motifs is 1. The Bertz CT molecular complexity index is 1390. The molecule has 4 aromatic rings. The van der Waals surface area contributed by atoms with Gasteiger partial charge in [0.15, 0.2) is 5.65 Å². The van der Waals surface area contributed by atoms with Gasteiger partial charge < -0.3 is 0 Å². The van der Waals surface area contributed by atoms with E-state index < -0.39 is 10.0 Å². The highest BCUT2D eigenvalue weighted by Crippen LogP contribution is 2.30. The number of benzene rings is 2. The van der Waals surface area contributed by atoms with Crippen molar-refractivity contribution in [3.8, 4) is 0 Å². The standard InChI is InChI=1S/C25H28N4O2S/c1-6-24-26-27-25-23(8-7-11-28(24)25)32(30,31)29(22-14-18(3)12-19(4)15-22)16-21-13-17(2)9-10-20(21)5/h7-15H,6,16H2,1-5H3. The number of hydrogen-bond donors (Lipinski definition) is 0. The molecule has 2 aromatic heterocycles. The van der Waals surface area contributed by atoms with E-state index in [0.717, 1.165) is 33.6 Å². The molecule has 6 nitrogen and oxygen atoms in total. The molecule has 0 saturated carbocycles. The van der Waals surface area contributed by atoms with Crippen molar-refractivity contribution < 1.29 is 8.42 Å². The number of nitrogens with zero attached hydrogens (tertiary/aromatic N) is 4. The maximum absolute atomic E-state index is 14.1. The van der Waals surface area contributed by atoms with Crippen LogP contribution < -0.4 is 4.31 Å². The summed E-state index contributed by atoms with van der Waals surface area (Å²) in [6, 6.07) is 15.3. The highest BCUT2D eigenvalue weighted by Gasteiger charge is 2.29. The van der Waals surface area contributed by atoms with E-state index in [4.69, 9.17) is 0 Å². The Morgan fingerprint density at radius 2 is 1.62 bits per heavy atom. The van der Waals surface area contributed by atoms with Gasteiger partial charge in [0.2, 0.25) is 0 Å². The molecule has 0 atom stereocenters. The van der Waals surface area contributed by atoms with E-state index in [1.165, 1.54) is 4.31 Å². The first kappa shape index (κ1) is 22.0. The topological polar surface area (TPSA) is 67.6 Å². The van der Waals surface area contributed by atoms with Crippen LogP contribution in [0.1, 0.15) is 40.6 Å². The van der Waals surface area contributed by atoms with Crippen molar-refractivity contribution in [3.05, 3.63) is 88.4 Å². The van der Waals surface area contributed by atoms with Crippen molar-refractivity contribution in [3.63, 3.8) is 0 Å². The van der Waals surface area contributed by atoms with E-state index in [1.807, 2.05) is 71.0 Å². The van der Waals surface area contributed by atoms with Crippen LogP contribution in [0.5, 0.6) is 0 Å². The Balaban J connectivity index is 1.93. The maximum Gasteiger partial charge on any atom is 0.268 e. The Labute approximate surface area is 189 Å². The van der Waals surface area contributed by atoms with Crippen molar-refractivity contribution in [2.24, 2.45) is 0 Å². The minimum absolute atomic E-state index is 0.150. The fraction of sp³-hybridized carbons (Fsp3) is 0.280. The third-order valence-corrected chi connectivity index (χ3v) is 7.46. The summed E-state index contributed by atoms with van der Waals surface area (Å²) in [6.45, 7) is 10.2. The lowest BCUT2D eigenvalue weighted by molar-refractivity contribution is 0.590. The molecule has 32 heavy (non-hydrogen) atoms. The van der Waals surface area contributed by atoms with Gasteiger partial charge in [0.1, 0.15) is 10.7 Å². The van der Waals surface area contributed by atoms with E-state index in [2.05, 4.69) is 10.2 Å². The van der Waals surface area contributed by atoms with E-state index in [1.54, 1.807) is 22.7 Å². The predicted octanol–water partition coefficient (Wildman–Crippen LogP) is 4.92. The molecule has 0 aliphatic carbocycles. The minimum Gasteiger partial charge on any atom is -0.285 e. The fourth-order valence-corrected chi connectivity index (χ4v) is 5.59. The lowest BCUT2D eigenvalue weighted by Crippen LogP contribution is -2.31. The molecule has 0 aliphatic rings. The first-order valence-electron chi connectivity index (χ1n) is 10.7. The number of sulfonamides is 1. The summed E-state index contributed by atoms with van der Waals surface area (Å²) in [6.07, 6.45) is 2.47. The number of pyridine rings is 1. The molecule has 2 heterocycles. The molecular weight excluding hydrogens is 420 g/mol. The van der Waals surface area contributed by atoms with Gasteiger partial charge in [-0.1, -0.05) is 36.8 Å². The Morgan fingerprint density at radius 1 is 0.906 bits per heavy atom. The smallest absolute Gasteiger partial charge is 0.268 e. The van der Waals surface area contributed by atoms with Gasteiger partial charge in [0.05, 0.1) is 12.2 Å². The highest BCUT2D eigenvalue weighted by molar-refractivity contribution is 7.93. The summed E-state index contributed by atoms with van der Waals surface area (Å²) in [5.74, 6) is 0.726. The summed E-state index contributed by atoms with van der Waals surface area (Å²) in [7, 11) is -3.93. The molecule has 0 unspecified atom stereocenters. The van der Waals surface area contributed by atoms with Gasteiger partial charge in [-0.2, -0.15) is 0 Å². The van der Waals surface area contributed by atoms with Gasteiger partial charge in [0, 0.05) is 12.6 Å². The number of hydrogen-bond acceptors (Lipinski definition) is 4. The molecule has 2 aromatic carbocycles. The summed E-state index contributed by atoms with van der Waals surface area (Å²) in [5, 5.41) is 8.40. The quantitative estimate of drug-likeness (QED) is 0.420. The third-order valence-electron chi connectivity index (χ3n) is 5.67. The second-order valence-corrected chi connectivity index (χ2v) is 10.2. The normalized spacial score (nSPS) is 11.8. The van der Waals surface area contributed by atoms with Crippen molar-refractivity contribution in [2.75, 3.05) is 4.31 Å². The average Bonchev–Trinajstić information content (AvgIpc) is 3.16. The Hall–Kier alpha value is -3.19. The first-order chi connectivity index (χ1) is 15.2. The summed E-state index contributed by atoms with van der Waals surface area (Å²) in [5.41, 5.74) is 6.12. The van der Waals surface area contributed by atoms with Gasteiger partial charge in [-0.25, -0.2) is 8.42 Å². The van der Waals surface area contributed by atoms with Gasteiger partial charge in [0.25, 0.3) is 10.0 Å². The van der Waals surface area contributed by atoms with Crippen LogP contribution in [0, 0.1) is 27.7 Å². The van der Waals surface area contributed by atoms with Gasteiger partial charge in [-0.15, -0.1) is 10.2 Å². The van der Waals surface area contributed by atoms with Crippen LogP contribution in [0.3, 0.4) is 0 Å². The second kappa shape index (κ2) is 8.39. The predicted molar refractivity (Wildman–Crippen MR) is 128 cm³/mol. The molecule has 166 valence electrons. The SMILES string of the molecule is CCc1nnc2c(S(=O)(=O)N(Cc3cc(C)ccc3C)c3cc(C)cc(C)c3)cccn12. The van der Waals surface area contributed by atoms with E-state index >= 15 is 0 Å². The largest absolute Gasteiger partial charge is 0.285 e. The summed E-state index contributed by atoms with van der Waals surface area (Å²) < 4.78 is 31.5. The highest BCUT2D eigenvalue weighted by atomic mass is 32.2. The zero-order valence-electron chi connectivity index (χ0n) is 19.1. The zero-order chi connectivity index (χ0) is 23.0. The molecule has 0 amide bonds. The van der Waals surface area contributed by atoms with Crippen LogP contribution in [-0.4, -0.2) is 23.0 Å². The van der Waals surface area contributed by atoms with Crippen LogP contribution >= 0.6 is 0 Å².